The van der Waals surface area contributed by atoms with E-state index in [1.165, 1.54) is 57.8 Å². The van der Waals surface area contributed by atoms with Gasteiger partial charge in [-0.15, -0.1) is 0 Å². The van der Waals surface area contributed by atoms with Crippen molar-refractivity contribution in [3.8, 4) is 0 Å². The Hall–Kier alpha value is -0.160. The molecule has 0 radical (unpaired) electrons. The van der Waals surface area contributed by atoms with Crippen LogP contribution in [0.15, 0.2) is 0 Å². The molecule has 1 spiro atoms. The van der Waals surface area contributed by atoms with E-state index < -0.39 is 0 Å². The highest BCUT2D eigenvalue weighted by atomic mass is 16.7. The zero-order valence-corrected chi connectivity index (χ0v) is 18.1. The molecule has 0 bridgehead atoms. The molecule has 0 amide bonds. The first-order valence-corrected chi connectivity index (χ1v) is 12.3. The van der Waals surface area contributed by atoms with Gasteiger partial charge in [-0.2, -0.15) is 0 Å². The fourth-order valence-electron chi connectivity index (χ4n) is 5.92. The predicted molar refractivity (Wildman–Crippen MR) is 112 cm³/mol. The second kappa shape index (κ2) is 11.3. The molecule has 4 heteroatoms. The van der Waals surface area contributed by atoms with Crippen molar-refractivity contribution in [2.24, 2.45) is 17.8 Å². The molecule has 5 unspecified atom stereocenters. The van der Waals surface area contributed by atoms with Crippen LogP contribution in [-0.4, -0.2) is 41.4 Å². The summed E-state index contributed by atoms with van der Waals surface area (Å²) < 4.78 is 11.7. The van der Waals surface area contributed by atoms with Crippen molar-refractivity contribution in [1.82, 2.24) is 0 Å². The maximum absolute atomic E-state index is 10.5. The standard InChI is InChI=1S/C24H44O4/c1-2-3-4-5-6-7-8-9-10-11-12-19(25)13-14-20-21-18-24(27-15-16-28-24)22(21)17-23(20)26/h19-23,25-26H,2-18H2,1H3. The van der Waals surface area contributed by atoms with Gasteiger partial charge in [0.2, 0.25) is 0 Å². The molecule has 2 N–H and O–H groups in total. The van der Waals surface area contributed by atoms with Gasteiger partial charge in [-0.3, -0.25) is 0 Å². The summed E-state index contributed by atoms with van der Waals surface area (Å²) >= 11 is 0. The molecule has 1 saturated heterocycles. The van der Waals surface area contributed by atoms with Crippen molar-refractivity contribution < 1.29 is 19.7 Å². The first-order valence-electron chi connectivity index (χ1n) is 12.3. The van der Waals surface area contributed by atoms with Gasteiger partial charge >= 0.3 is 0 Å². The van der Waals surface area contributed by atoms with Gasteiger partial charge in [0.1, 0.15) is 0 Å². The summed E-state index contributed by atoms with van der Waals surface area (Å²) in [5.74, 6) is 0.854. The minimum Gasteiger partial charge on any atom is -0.393 e. The predicted octanol–water partition coefficient (Wildman–Crippen LogP) is 5.20. The Bertz CT molecular complexity index is 434. The molecule has 2 saturated carbocycles. The number of hydrogen-bond acceptors (Lipinski definition) is 4. The van der Waals surface area contributed by atoms with E-state index in [2.05, 4.69) is 6.92 Å². The molecule has 3 aliphatic rings. The van der Waals surface area contributed by atoms with Gasteiger partial charge in [-0.25, -0.2) is 0 Å². The average molecular weight is 397 g/mol. The summed E-state index contributed by atoms with van der Waals surface area (Å²) in [4.78, 5) is 0. The number of aliphatic hydroxyl groups excluding tert-OH is 2. The Balaban J connectivity index is 1.19. The van der Waals surface area contributed by atoms with Crippen LogP contribution in [-0.2, 0) is 9.47 Å². The van der Waals surface area contributed by atoms with Crippen molar-refractivity contribution in [3.63, 3.8) is 0 Å². The molecule has 3 rings (SSSR count). The Kier molecular flexibility index (Phi) is 9.08. The van der Waals surface area contributed by atoms with Crippen LogP contribution in [0.1, 0.15) is 103 Å². The first kappa shape index (κ1) is 22.5. The van der Waals surface area contributed by atoms with Crippen molar-refractivity contribution in [2.45, 2.75) is 121 Å². The van der Waals surface area contributed by atoms with E-state index in [1.807, 2.05) is 0 Å². The first-order chi connectivity index (χ1) is 13.7. The summed E-state index contributed by atoms with van der Waals surface area (Å²) in [6.45, 7) is 3.66. The van der Waals surface area contributed by atoms with Gasteiger partial charge in [0, 0.05) is 12.3 Å². The van der Waals surface area contributed by atoms with Crippen molar-refractivity contribution in [1.29, 1.82) is 0 Å². The lowest BCUT2D eigenvalue weighted by atomic mass is 9.66. The molecule has 5 atom stereocenters. The highest BCUT2D eigenvalue weighted by Crippen LogP contribution is 2.60. The Morgan fingerprint density at radius 1 is 0.893 bits per heavy atom. The quantitative estimate of drug-likeness (QED) is 0.396. The van der Waals surface area contributed by atoms with E-state index in [0.717, 1.165) is 38.5 Å². The molecular formula is C24H44O4. The molecule has 164 valence electrons. The lowest BCUT2D eigenvalue weighted by molar-refractivity contribution is -0.272. The number of fused-ring (bicyclic) bond motifs is 2. The van der Waals surface area contributed by atoms with Crippen LogP contribution in [0.4, 0.5) is 0 Å². The third kappa shape index (κ3) is 5.71. The third-order valence-corrected chi connectivity index (χ3v) is 7.64. The minimum absolute atomic E-state index is 0.201. The molecule has 1 aliphatic heterocycles. The number of hydrogen-bond donors (Lipinski definition) is 2. The molecule has 1 heterocycles. The van der Waals surface area contributed by atoms with Crippen molar-refractivity contribution in [2.75, 3.05) is 13.2 Å². The van der Waals surface area contributed by atoms with E-state index in [-0.39, 0.29) is 18.0 Å². The number of rotatable bonds is 14. The van der Waals surface area contributed by atoms with Gasteiger partial charge in [-0.05, 0) is 37.5 Å². The number of ether oxygens (including phenoxy) is 2. The molecular weight excluding hydrogens is 352 g/mol. The molecule has 0 aromatic carbocycles. The fraction of sp³-hybridized carbons (Fsp3) is 1.00. The normalized spacial score (nSPS) is 31.8. The number of aliphatic hydroxyl groups is 2. The second-order valence-electron chi connectivity index (χ2n) is 9.65. The van der Waals surface area contributed by atoms with Crippen LogP contribution in [0.5, 0.6) is 0 Å². The highest BCUT2D eigenvalue weighted by molar-refractivity contribution is 5.08. The lowest BCUT2D eigenvalue weighted by Gasteiger charge is -2.49. The third-order valence-electron chi connectivity index (χ3n) is 7.64. The Labute approximate surface area is 172 Å². The summed E-state index contributed by atoms with van der Waals surface area (Å²) in [6, 6.07) is 0. The molecule has 3 fully saturated rings. The maximum atomic E-state index is 10.5. The van der Waals surface area contributed by atoms with Crippen LogP contribution in [0.2, 0.25) is 0 Å². The maximum Gasteiger partial charge on any atom is 0.171 e. The zero-order chi connectivity index (χ0) is 19.8. The summed E-state index contributed by atoms with van der Waals surface area (Å²) in [7, 11) is 0. The Morgan fingerprint density at radius 2 is 1.50 bits per heavy atom. The summed E-state index contributed by atoms with van der Waals surface area (Å²) in [5.41, 5.74) is 0. The second-order valence-corrected chi connectivity index (χ2v) is 9.65. The molecule has 2 aliphatic carbocycles. The number of unbranched alkanes of at least 4 members (excludes halogenated alkanes) is 9. The average Bonchev–Trinajstić information content (AvgIpc) is 3.27. The lowest BCUT2D eigenvalue weighted by Crippen LogP contribution is -2.54. The van der Waals surface area contributed by atoms with Gasteiger partial charge in [0.15, 0.2) is 5.79 Å². The van der Waals surface area contributed by atoms with E-state index in [9.17, 15) is 10.2 Å². The molecule has 0 aromatic rings. The smallest absolute Gasteiger partial charge is 0.171 e. The SMILES string of the molecule is CCCCCCCCCCCCC(O)CCC1C(O)CC2C1CC21OCCO1. The molecule has 28 heavy (non-hydrogen) atoms. The van der Waals surface area contributed by atoms with E-state index >= 15 is 0 Å². The van der Waals surface area contributed by atoms with Crippen LogP contribution in [0.25, 0.3) is 0 Å². The Morgan fingerprint density at radius 3 is 2.14 bits per heavy atom. The van der Waals surface area contributed by atoms with Crippen LogP contribution < -0.4 is 0 Å². The van der Waals surface area contributed by atoms with Crippen molar-refractivity contribution >= 4 is 0 Å². The summed E-state index contributed by atoms with van der Waals surface area (Å²) in [6.07, 6.45) is 17.3. The highest BCUT2D eigenvalue weighted by Gasteiger charge is 2.64. The fourth-order valence-corrected chi connectivity index (χ4v) is 5.92. The van der Waals surface area contributed by atoms with Crippen LogP contribution >= 0.6 is 0 Å². The summed E-state index contributed by atoms with van der Waals surface area (Å²) in [5, 5.41) is 20.9. The van der Waals surface area contributed by atoms with Crippen LogP contribution in [0, 0.1) is 17.8 Å². The van der Waals surface area contributed by atoms with Gasteiger partial charge in [-0.1, -0.05) is 71.1 Å². The topological polar surface area (TPSA) is 58.9 Å². The minimum atomic E-state index is -0.366. The van der Waals surface area contributed by atoms with Gasteiger partial charge < -0.3 is 19.7 Å². The van der Waals surface area contributed by atoms with Gasteiger partial charge in [0.25, 0.3) is 0 Å². The van der Waals surface area contributed by atoms with Crippen LogP contribution in [0.3, 0.4) is 0 Å². The zero-order valence-electron chi connectivity index (χ0n) is 18.1. The van der Waals surface area contributed by atoms with E-state index in [4.69, 9.17) is 9.47 Å². The molecule has 4 nitrogen and oxygen atoms in total. The van der Waals surface area contributed by atoms with Crippen molar-refractivity contribution in [3.05, 3.63) is 0 Å². The molecule has 0 aromatic heterocycles. The monoisotopic (exact) mass is 396 g/mol. The van der Waals surface area contributed by atoms with E-state index in [0.29, 0.717) is 31.0 Å². The largest absolute Gasteiger partial charge is 0.393 e. The van der Waals surface area contributed by atoms with Gasteiger partial charge in [0.05, 0.1) is 25.4 Å². The van der Waals surface area contributed by atoms with E-state index in [1.54, 1.807) is 0 Å².